The van der Waals surface area contributed by atoms with Gasteiger partial charge in [-0.25, -0.2) is 4.98 Å². The predicted molar refractivity (Wildman–Crippen MR) is 117 cm³/mol. The van der Waals surface area contributed by atoms with E-state index in [4.69, 9.17) is 0 Å². The highest BCUT2D eigenvalue weighted by Gasteiger charge is 2.30. The molecule has 1 N–H and O–H groups in total. The van der Waals surface area contributed by atoms with Crippen LogP contribution in [-0.4, -0.2) is 53.9 Å². The molecule has 2 aliphatic rings. The largest absolute Gasteiger partial charge is 0.357 e. The average Bonchev–Trinajstić information content (AvgIpc) is 2.80. The van der Waals surface area contributed by atoms with E-state index in [1.165, 1.54) is 0 Å². The summed E-state index contributed by atoms with van der Waals surface area (Å²) in [5.41, 5.74) is 1.86. The highest BCUT2D eigenvalue weighted by Crippen LogP contribution is 2.23. The van der Waals surface area contributed by atoms with E-state index >= 15 is 0 Å². The summed E-state index contributed by atoms with van der Waals surface area (Å²) in [5, 5.41) is 3.22. The van der Waals surface area contributed by atoms with Crippen LogP contribution in [0.1, 0.15) is 41.6 Å². The highest BCUT2D eigenvalue weighted by atomic mass is 16.2. The Kier molecular flexibility index (Phi) is 6.31. The molecular formula is C24H30N4O2. The van der Waals surface area contributed by atoms with Crippen molar-refractivity contribution in [3.8, 4) is 0 Å². The molecule has 2 amide bonds. The molecule has 0 spiro atoms. The number of piperidine rings is 2. The van der Waals surface area contributed by atoms with E-state index in [0.29, 0.717) is 12.1 Å². The van der Waals surface area contributed by atoms with E-state index in [-0.39, 0.29) is 23.8 Å². The molecule has 0 aliphatic carbocycles. The third kappa shape index (κ3) is 4.81. The Hall–Kier alpha value is -2.89. The van der Waals surface area contributed by atoms with Crippen LogP contribution in [0, 0.1) is 12.8 Å². The summed E-state index contributed by atoms with van der Waals surface area (Å²) >= 11 is 0. The number of benzene rings is 1. The van der Waals surface area contributed by atoms with Crippen molar-refractivity contribution in [3.63, 3.8) is 0 Å². The van der Waals surface area contributed by atoms with Gasteiger partial charge in [-0.1, -0.05) is 24.3 Å². The number of nitrogens with one attached hydrogen (secondary N) is 1. The predicted octanol–water partition coefficient (Wildman–Crippen LogP) is 3.03. The van der Waals surface area contributed by atoms with Crippen LogP contribution in [0.15, 0.2) is 48.7 Å². The Morgan fingerprint density at radius 2 is 1.77 bits per heavy atom. The molecule has 4 rings (SSSR count). The van der Waals surface area contributed by atoms with Crippen LogP contribution in [0.25, 0.3) is 0 Å². The summed E-state index contributed by atoms with van der Waals surface area (Å²) in [6.07, 6.45) is 5.40. The second-order valence-electron chi connectivity index (χ2n) is 8.42. The standard InChI is InChI=1S/C24H30N4O2/c1-18-9-10-22(25-16-18)27-14-11-19(12-15-27)23(29)26-21-8-5-13-28(17-21)24(30)20-6-3-2-4-7-20/h2-4,6-7,9-10,16,19,21H,5,8,11-15,17H2,1H3,(H,26,29). The fourth-order valence-corrected chi connectivity index (χ4v) is 4.38. The molecule has 1 atom stereocenters. The van der Waals surface area contributed by atoms with Gasteiger partial charge in [-0.3, -0.25) is 9.59 Å². The van der Waals surface area contributed by atoms with Gasteiger partial charge in [-0.05, 0) is 56.4 Å². The van der Waals surface area contributed by atoms with Gasteiger partial charge < -0.3 is 15.1 Å². The van der Waals surface area contributed by atoms with Crippen LogP contribution in [0.2, 0.25) is 0 Å². The zero-order valence-electron chi connectivity index (χ0n) is 17.6. The van der Waals surface area contributed by atoms with Crippen LogP contribution in [0.5, 0.6) is 0 Å². The molecule has 0 saturated carbocycles. The summed E-state index contributed by atoms with van der Waals surface area (Å²) in [6.45, 7) is 5.07. The fourth-order valence-electron chi connectivity index (χ4n) is 4.38. The van der Waals surface area contributed by atoms with E-state index < -0.39 is 0 Å². The molecule has 30 heavy (non-hydrogen) atoms. The van der Waals surface area contributed by atoms with Crippen LogP contribution in [-0.2, 0) is 4.79 Å². The maximum Gasteiger partial charge on any atom is 0.253 e. The normalized spacial score (nSPS) is 20.1. The minimum atomic E-state index is 0.0342. The molecule has 1 aromatic carbocycles. The summed E-state index contributed by atoms with van der Waals surface area (Å²) in [7, 11) is 0. The highest BCUT2D eigenvalue weighted by molar-refractivity contribution is 5.94. The van der Waals surface area contributed by atoms with Crippen LogP contribution in [0.3, 0.4) is 0 Å². The first-order chi connectivity index (χ1) is 14.6. The number of pyridine rings is 1. The quantitative estimate of drug-likeness (QED) is 0.848. The number of anilines is 1. The van der Waals surface area contributed by atoms with Gasteiger partial charge in [0.25, 0.3) is 5.91 Å². The Balaban J connectivity index is 1.28. The maximum absolute atomic E-state index is 12.9. The fraction of sp³-hybridized carbons (Fsp3) is 0.458. The molecular weight excluding hydrogens is 376 g/mol. The molecule has 158 valence electrons. The number of carbonyl (C=O) groups excluding carboxylic acids is 2. The number of hydrogen-bond acceptors (Lipinski definition) is 4. The Morgan fingerprint density at radius 1 is 1.00 bits per heavy atom. The second kappa shape index (κ2) is 9.28. The minimum Gasteiger partial charge on any atom is -0.357 e. The van der Waals surface area contributed by atoms with Crippen molar-refractivity contribution in [2.45, 2.75) is 38.6 Å². The maximum atomic E-state index is 12.9. The van der Waals surface area contributed by atoms with Gasteiger partial charge >= 0.3 is 0 Å². The molecule has 3 heterocycles. The number of likely N-dealkylation sites (tertiary alicyclic amines) is 1. The number of carbonyl (C=O) groups is 2. The third-order valence-electron chi connectivity index (χ3n) is 6.16. The molecule has 6 heteroatoms. The molecule has 2 aliphatic heterocycles. The number of aromatic nitrogens is 1. The van der Waals surface area contributed by atoms with E-state index in [2.05, 4.69) is 27.3 Å². The van der Waals surface area contributed by atoms with Crippen LogP contribution < -0.4 is 10.2 Å². The van der Waals surface area contributed by atoms with E-state index in [0.717, 1.165) is 56.7 Å². The van der Waals surface area contributed by atoms with Gasteiger partial charge in [0.15, 0.2) is 0 Å². The van der Waals surface area contributed by atoms with E-state index in [9.17, 15) is 9.59 Å². The van der Waals surface area contributed by atoms with Gasteiger partial charge in [-0.2, -0.15) is 0 Å². The molecule has 2 saturated heterocycles. The Morgan fingerprint density at radius 3 is 2.47 bits per heavy atom. The summed E-state index contributed by atoms with van der Waals surface area (Å²) in [5.74, 6) is 1.20. The second-order valence-corrected chi connectivity index (χ2v) is 8.42. The summed E-state index contributed by atoms with van der Waals surface area (Å²) in [6, 6.07) is 13.5. The third-order valence-corrected chi connectivity index (χ3v) is 6.16. The molecule has 0 bridgehead atoms. The molecule has 6 nitrogen and oxygen atoms in total. The van der Waals surface area contributed by atoms with E-state index in [1.54, 1.807) is 0 Å². The zero-order valence-corrected chi connectivity index (χ0v) is 17.6. The summed E-state index contributed by atoms with van der Waals surface area (Å²) < 4.78 is 0. The minimum absolute atomic E-state index is 0.0342. The first-order valence-electron chi connectivity index (χ1n) is 10.9. The van der Waals surface area contributed by atoms with Crippen molar-refractivity contribution in [2.24, 2.45) is 5.92 Å². The lowest BCUT2D eigenvalue weighted by atomic mass is 9.94. The van der Waals surface area contributed by atoms with Gasteiger partial charge in [0.2, 0.25) is 5.91 Å². The lowest BCUT2D eigenvalue weighted by Gasteiger charge is -2.36. The van der Waals surface area contributed by atoms with Gasteiger partial charge in [0, 0.05) is 49.9 Å². The average molecular weight is 407 g/mol. The number of hydrogen-bond donors (Lipinski definition) is 1. The number of rotatable bonds is 4. The Bertz CT molecular complexity index is 861. The molecule has 1 aromatic heterocycles. The topological polar surface area (TPSA) is 65.5 Å². The lowest BCUT2D eigenvalue weighted by Crippen LogP contribution is -2.51. The first-order valence-corrected chi connectivity index (χ1v) is 10.9. The van der Waals surface area contributed by atoms with Gasteiger partial charge in [0.05, 0.1) is 0 Å². The van der Waals surface area contributed by atoms with Gasteiger partial charge in [-0.15, -0.1) is 0 Å². The van der Waals surface area contributed by atoms with Crippen molar-refractivity contribution < 1.29 is 9.59 Å². The molecule has 2 fully saturated rings. The van der Waals surface area contributed by atoms with Gasteiger partial charge in [0.1, 0.15) is 5.82 Å². The van der Waals surface area contributed by atoms with Crippen molar-refractivity contribution >= 4 is 17.6 Å². The molecule has 2 aromatic rings. The Labute approximate surface area is 178 Å². The van der Waals surface area contributed by atoms with Crippen molar-refractivity contribution in [1.29, 1.82) is 0 Å². The number of nitrogens with zero attached hydrogens (tertiary/aromatic N) is 3. The number of amides is 2. The van der Waals surface area contributed by atoms with Crippen LogP contribution in [0.4, 0.5) is 5.82 Å². The smallest absolute Gasteiger partial charge is 0.253 e. The SMILES string of the molecule is Cc1ccc(N2CCC(C(=O)NC3CCCN(C(=O)c4ccccc4)C3)CC2)nc1. The van der Waals surface area contributed by atoms with Crippen molar-refractivity contribution in [1.82, 2.24) is 15.2 Å². The molecule has 0 radical (unpaired) electrons. The first kappa shape index (κ1) is 20.4. The van der Waals surface area contributed by atoms with Crippen LogP contribution >= 0.6 is 0 Å². The lowest BCUT2D eigenvalue weighted by molar-refractivity contribution is -0.126. The zero-order chi connectivity index (χ0) is 20.9. The monoisotopic (exact) mass is 406 g/mol. The van der Waals surface area contributed by atoms with Crippen molar-refractivity contribution in [2.75, 3.05) is 31.1 Å². The van der Waals surface area contributed by atoms with Crippen molar-refractivity contribution in [3.05, 3.63) is 59.8 Å². The number of aryl methyl sites for hydroxylation is 1. The van der Waals surface area contributed by atoms with E-state index in [1.807, 2.05) is 48.4 Å². The summed E-state index contributed by atoms with van der Waals surface area (Å²) in [4.78, 5) is 34.2. The molecule has 1 unspecified atom stereocenters.